The maximum atomic E-state index is 13.7. The number of carbonyl (C=O) groups is 1. The highest BCUT2D eigenvalue weighted by Crippen LogP contribution is 2.38. The molecule has 3 rings (SSSR count). The van der Waals surface area contributed by atoms with Crippen molar-refractivity contribution in [3.63, 3.8) is 0 Å². The molecule has 7 nitrogen and oxygen atoms in total. The second-order valence-corrected chi connectivity index (χ2v) is 10.9. The van der Waals surface area contributed by atoms with E-state index in [2.05, 4.69) is 4.72 Å². The molecule has 2 heterocycles. The molecule has 2 unspecified atom stereocenters. The van der Waals surface area contributed by atoms with E-state index in [1.54, 1.807) is 4.90 Å². The van der Waals surface area contributed by atoms with Gasteiger partial charge in [-0.15, -0.1) is 0 Å². The Labute approximate surface area is 152 Å². The fourth-order valence-electron chi connectivity index (χ4n) is 3.87. The van der Waals surface area contributed by atoms with E-state index in [1.807, 2.05) is 0 Å². The molecule has 1 N–H and O–H groups in total. The molecule has 0 aromatic heterocycles. The van der Waals surface area contributed by atoms with Gasteiger partial charge >= 0.3 is 0 Å². The molecule has 0 aliphatic carbocycles. The van der Waals surface area contributed by atoms with E-state index >= 15 is 0 Å². The average molecular weight is 404 g/mol. The average Bonchev–Trinajstić information content (AvgIpc) is 2.81. The molecule has 2 atom stereocenters. The van der Waals surface area contributed by atoms with Crippen LogP contribution >= 0.6 is 0 Å². The van der Waals surface area contributed by atoms with Gasteiger partial charge in [-0.1, -0.05) is 12.1 Å². The third kappa shape index (κ3) is 3.77. The fraction of sp³-hybridized carbons (Fsp3) is 0.562. The number of benzene rings is 1. The predicted molar refractivity (Wildman–Crippen MR) is 93.1 cm³/mol. The monoisotopic (exact) mass is 404 g/mol. The van der Waals surface area contributed by atoms with Gasteiger partial charge in [0.2, 0.25) is 15.9 Å². The van der Waals surface area contributed by atoms with Gasteiger partial charge < -0.3 is 4.90 Å². The van der Waals surface area contributed by atoms with Crippen LogP contribution in [-0.4, -0.2) is 57.8 Å². The van der Waals surface area contributed by atoms with Crippen molar-refractivity contribution in [2.75, 3.05) is 12.8 Å². The second kappa shape index (κ2) is 6.90. The highest BCUT2D eigenvalue weighted by Gasteiger charge is 2.45. The maximum absolute atomic E-state index is 13.7. The zero-order valence-electron chi connectivity index (χ0n) is 14.3. The van der Waals surface area contributed by atoms with Gasteiger partial charge in [-0.2, -0.15) is 0 Å². The highest BCUT2D eigenvalue weighted by atomic mass is 32.2. The Morgan fingerprint density at radius 2 is 1.73 bits per heavy atom. The van der Waals surface area contributed by atoms with E-state index in [1.165, 1.54) is 18.4 Å². The molecule has 2 fully saturated rings. The Balaban J connectivity index is 1.67. The fourth-order valence-corrected chi connectivity index (χ4v) is 6.07. The lowest BCUT2D eigenvalue weighted by molar-refractivity contribution is -0.134. The van der Waals surface area contributed by atoms with Crippen LogP contribution in [0.3, 0.4) is 0 Å². The van der Waals surface area contributed by atoms with Crippen molar-refractivity contribution in [1.82, 2.24) is 9.62 Å². The van der Waals surface area contributed by atoms with Crippen molar-refractivity contribution in [3.8, 4) is 0 Å². The Hall–Kier alpha value is -1.52. The molecule has 1 aromatic rings. The second-order valence-electron chi connectivity index (χ2n) is 6.86. The Kier molecular flexibility index (Phi) is 5.11. The van der Waals surface area contributed by atoms with E-state index in [4.69, 9.17) is 0 Å². The van der Waals surface area contributed by atoms with Gasteiger partial charge in [0.1, 0.15) is 20.5 Å². The molecular weight excluding hydrogens is 383 g/mol. The molecule has 26 heavy (non-hydrogen) atoms. The van der Waals surface area contributed by atoms with Crippen LogP contribution in [0.15, 0.2) is 29.2 Å². The minimum Gasteiger partial charge on any atom is -0.336 e. The van der Waals surface area contributed by atoms with E-state index in [0.29, 0.717) is 25.7 Å². The summed E-state index contributed by atoms with van der Waals surface area (Å²) in [5.41, 5.74) is 0. The summed E-state index contributed by atoms with van der Waals surface area (Å²) in [4.78, 5) is 13.6. The van der Waals surface area contributed by atoms with Crippen LogP contribution in [0.1, 0.15) is 25.7 Å². The van der Waals surface area contributed by atoms with Crippen molar-refractivity contribution in [2.45, 2.75) is 47.9 Å². The number of hydrogen-bond acceptors (Lipinski definition) is 5. The van der Waals surface area contributed by atoms with Gasteiger partial charge in [-0.05, 0) is 37.8 Å². The minimum atomic E-state index is -4.14. The van der Waals surface area contributed by atoms with Crippen molar-refractivity contribution in [1.29, 1.82) is 0 Å². The Bertz CT molecular complexity index is 902. The Morgan fingerprint density at radius 3 is 2.27 bits per heavy atom. The summed E-state index contributed by atoms with van der Waals surface area (Å²) in [6, 6.07) is 4.55. The van der Waals surface area contributed by atoms with E-state index in [9.17, 15) is 26.0 Å². The third-order valence-electron chi connectivity index (χ3n) is 5.12. The van der Waals surface area contributed by atoms with Crippen LogP contribution < -0.4 is 4.72 Å². The molecule has 0 spiro atoms. The van der Waals surface area contributed by atoms with Gasteiger partial charge in [-0.3, -0.25) is 4.79 Å². The standard InChI is InChI=1S/C16H21FN2O5S2/c1-25(21,22)13-8-11-6-7-12(9-13)19(11)16(20)10-18-26(23,24)15-5-3-2-4-14(15)17/h2-5,11-13,18H,6-10H2,1H3. The summed E-state index contributed by atoms with van der Waals surface area (Å²) >= 11 is 0. The van der Waals surface area contributed by atoms with Crippen LogP contribution in [0.25, 0.3) is 0 Å². The van der Waals surface area contributed by atoms with E-state index in [0.717, 1.165) is 12.1 Å². The molecule has 2 bridgehead atoms. The first-order valence-electron chi connectivity index (χ1n) is 8.34. The molecule has 144 valence electrons. The number of nitrogens with zero attached hydrogens (tertiary/aromatic N) is 1. The smallest absolute Gasteiger partial charge is 0.243 e. The molecule has 1 aromatic carbocycles. The SMILES string of the molecule is CS(=O)(=O)C1CC2CCC(C1)N2C(=O)CNS(=O)(=O)c1ccccc1F. The zero-order chi connectivity index (χ0) is 19.1. The Morgan fingerprint density at radius 1 is 1.15 bits per heavy atom. The number of amides is 1. The normalized spacial score (nSPS) is 26.1. The zero-order valence-corrected chi connectivity index (χ0v) is 15.9. The quantitative estimate of drug-likeness (QED) is 0.777. The van der Waals surface area contributed by atoms with E-state index in [-0.39, 0.29) is 12.1 Å². The van der Waals surface area contributed by atoms with Gasteiger partial charge in [-0.25, -0.2) is 25.9 Å². The molecule has 2 aliphatic rings. The van der Waals surface area contributed by atoms with Crippen LogP contribution in [0.2, 0.25) is 0 Å². The lowest BCUT2D eigenvalue weighted by atomic mass is 10.0. The topological polar surface area (TPSA) is 101 Å². The molecular formula is C16H21FN2O5S2. The summed E-state index contributed by atoms with van der Waals surface area (Å²) in [5, 5.41) is -0.459. The first-order valence-corrected chi connectivity index (χ1v) is 11.8. The first-order chi connectivity index (χ1) is 12.1. The maximum Gasteiger partial charge on any atom is 0.243 e. The number of rotatable bonds is 5. The van der Waals surface area contributed by atoms with Crippen molar-refractivity contribution >= 4 is 25.8 Å². The summed E-state index contributed by atoms with van der Waals surface area (Å²) in [6.07, 6.45) is 3.38. The summed E-state index contributed by atoms with van der Waals surface area (Å²) in [6.45, 7) is -0.479. The molecule has 1 amide bonds. The van der Waals surface area contributed by atoms with Crippen molar-refractivity contribution in [3.05, 3.63) is 30.1 Å². The summed E-state index contributed by atoms with van der Waals surface area (Å²) in [7, 11) is -7.31. The largest absolute Gasteiger partial charge is 0.336 e. The van der Waals surface area contributed by atoms with Crippen molar-refractivity contribution < 1.29 is 26.0 Å². The molecule has 2 saturated heterocycles. The molecule has 0 radical (unpaired) electrons. The third-order valence-corrected chi connectivity index (χ3v) is 8.15. The molecule has 0 saturated carbocycles. The van der Waals surface area contributed by atoms with Crippen LogP contribution in [0, 0.1) is 5.82 Å². The van der Waals surface area contributed by atoms with Crippen LogP contribution in [-0.2, 0) is 24.7 Å². The molecule has 10 heteroatoms. The number of piperidine rings is 1. The molecule has 2 aliphatic heterocycles. The lowest BCUT2D eigenvalue weighted by Crippen LogP contribution is -2.52. The number of halogens is 1. The van der Waals surface area contributed by atoms with Gasteiger partial charge in [0.05, 0.1) is 11.8 Å². The van der Waals surface area contributed by atoms with Crippen molar-refractivity contribution in [2.24, 2.45) is 0 Å². The lowest BCUT2D eigenvalue weighted by Gasteiger charge is -2.38. The predicted octanol–water partition coefficient (Wildman–Crippen LogP) is 0.671. The van der Waals surface area contributed by atoms with Gasteiger partial charge in [0.25, 0.3) is 0 Å². The minimum absolute atomic E-state index is 0.195. The number of nitrogens with one attached hydrogen (secondary N) is 1. The summed E-state index contributed by atoms with van der Waals surface area (Å²) in [5.74, 6) is -1.30. The number of fused-ring (bicyclic) bond motifs is 2. The van der Waals surface area contributed by atoms with Gasteiger partial charge in [0.15, 0.2) is 0 Å². The first kappa shape index (κ1) is 19.2. The van der Waals surface area contributed by atoms with E-state index < -0.39 is 48.3 Å². The van der Waals surface area contributed by atoms with Crippen LogP contribution in [0.4, 0.5) is 4.39 Å². The number of sulfonamides is 1. The number of hydrogen-bond donors (Lipinski definition) is 1. The van der Waals surface area contributed by atoms with Gasteiger partial charge in [0, 0.05) is 18.3 Å². The summed E-state index contributed by atoms with van der Waals surface area (Å²) < 4.78 is 63.8. The van der Waals surface area contributed by atoms with Crippen LogP contribution in [0.5, 0.6) is 0 Å². The highest BCUT2D eigenvalue weighted by molar-refractivity contribution is 7.91. The number of sulfone groups is 1. The number of carbonyl (C=O) groups excluding carboxylic acids is 1.